The third-order valence-corrected chi connectivity index (χ3v) is 3.54. The maximum atomic E-state index is 10.9. The van der Waals surface area contributed by atoms with Gasteiger partial charge in [0, 0.05) is 20.1 Å². The van der Waals surface area contributed by atoms with E-state index in [1.165, 1.54) is 25.0 Å². The van der Waals surface area contributed by atoms with Crippen molar-refractivity contribution >= 4 is 17.3 Å². The summed E-state index contributed by atoms with van der Waals surface area (Å²) in [4.78, 5) is 16.9. The molecular formula is C12H18N4O2. The Morgan fingerprint density at radius 3 is 2.72 bits per heavy atom. The highest BCUT2D eigenvalue weighted by Gasteiger charge is 2.31. The first-order valence-electron chi connectivity index (χ1n) is 6.10. The number of hydrogen-bond donors (Lipinski definition) is 1. The summed E-state index contributed by atoms with van der Waals surface area (Å²) in [5.74, 6) is 1.86. The Morgan fingerprint density at radius 2 is 2.22 bits per heavy atom. The average Bonchev–Trinajstić information content (AvgIpc) is 3.20. The van der Waals surface area contributed by atoms with Gasteiger partial charge in [-0.15, -0.1) is 0 Å². The molecule has 1 aliphatic rings. The van der Waals surface area contributed by atoms with E-state index in [4.69, 9.17) is 0 Å². The van der Waals surface area contributed by atoms with Crippen molar-refractivity contribution in [3.63, 3.8) is 0 Å². The van der Waals surface area contributed by atoms with Crippen LogP contribution in [0.5, 0.6) is 0 Å². The molecule has 0 bridgehead atoms. The van der Waals surface area contributed by atoms with Gasteiger partial charge in [0.2, 0.25) is 0 Å². The predicted octanol–water partition coefficient (Wildman–Crippen LogP) is 2.27. The van der Waals surface area contributed by atoms with Gasteiger partial charge in [-0.05, 0) is 25.7 Å². The summed E-state index contributed by atoms with van der Waals surface area (Å²) in [6.07, 6.45) is 2.47. The fourth-order valence-electron chi connectivity index (χ4n) is 2.02. The second-order valence-electron chi connectivity index (χ2n) is 4.76. The number of anilines is 2. The summed E-state index contributed by atoms with van der Waals surface area (Å²) in [6, 6.07) is 3.34. The maximum Gasteiger partial charge on any atom is 0.276 e. The van der Waals surface area contributed by atoms with E-state index in [1.54, 1.807) is 7.05 Å². The largest absolute Gasteiger partial charge is 0.373 e. The molecule has 1 unspecified atom stereocenters. The lowest BCUT2D eigenvalue weighted by Crippen LogP contribution is -2.31. The molecule has 2 rings (SSSR count). The molecule has 1 aliphatic carbocycles. The van der Waals surface area contributed by atoms with Crippen LogP contribution in [0.4, 0.5) is 17.3 Å². The third kappa shape index (κ3) is 2.52. The molecule has 1 fully saturated rings. The Labute approximate surface area is 106 Å². The van der Waals surface area contributed by atoms with Gasteiger partial charge < -0.3 is 10.2 Å². The number of rotatable bonds is 5. The molecule has 6 heteroatoms. The zero-order chi connectivity index (χ0) is 13.3. The zero-order valence-corrected chi connectivity index (χ0v) is 10.9. The van der Waals surface area contributed by atoms with E-state index in [-0.39, 0.29) is 10.6 Å². The van der Waals surface area contributed by atoms with Crippen LogP contribution in [-0.4, -0.2) is 30.0 Å². The summed E-state index contributed by atoms with van der Waals surface area (Å²) < 4.78 is 0. The number of nitrogens with zero attached hydrogens (tertiary/aromatic N) is 3. The van der Waals surface area contributed by atoms with E-state index >= 15 is 0 Å². The van der Waals surface area contributed by atoms with Gasteiger partial charge >= 0.3 is 0 Å². The van der Waals surface area contributed by atoms with Crippen LogP contribution in [0, 0.1) is 16.0 Å². The normalized spacial score (nSPS) is 16.2. The molecule has 0 aliphatic heterocycles. The molecule has 0 spiro atoms. The Kier molecular flexibility index (Phi) is 3.36. The van der Waals surface area contributed by atoms with Crippen LogP contribution in [0.1, 0.15) is 19.8 Å². The fraction of sp³-hybridized carbons (Fsp3) is 0.583. The standard InChI is InChI=1S/C12H18N4O2/c1-8(9-4-5-9)15(3)12-7-10(16(17)18)6-11(13-2)14-12/h6-9H,4-5H2,1-3H3,(H,13,14). The Bertz CT molecular complexity index is 459. The quantitative estimate of drug-likeness (QED) is 0.641. The highest BCUT2D eigenvalue weighted by atomic mass is 16.6. The molecule has 98 valence electrons. The highest BCUT2D eigenvalue weighted by molar-refractivity contribution is 5.55. The monoisotopic (exact) mass is 250 g/mol. The molecule has 0 aromatic carbocycles. The van der Waals surface area contributed by atoms with Crippen LogP contribution in [0.25, 0.3) is 0 Å². The Balaban J connectivity index is 2.30. The van der Waals surface area contributed by atoms with E-state index in [2.05, 4.69) is 17.2 Å². The molecule has 1 aromatic heterocycles. The molecular weight excluding hydrogens is 232 g/mol. The molecule has 1 aromatic rings. The molecule has 0 saturated heterocycles. The van der Waals surface area contributed by atoms with E-state index < -0.39 is 0 Å². The average molecular weight is 250 g/mol. The van der Waals surface area contributed by atoms with Crippen LogP contribution in [-0.2, 0) is 0 Å². The van der Waals surface area contributed by atoms with Crippen molar-refractivity contribution in [3.05, 3.63) is 22.2 Å². The highest BCUT2D eigenvalue weighted by Crippen LogP contribution is 2.36. The van der Waals surface area contributed by atoms with Gasteiger partial charge in [-0.2, -0.15) is 0 Å². The van der Waals surface area contributed by atoms with E-state index in [0.717, 1.165) is 0 Å². The third-order valence-electron chi connectivity index (χ3n) is 3.54. The van der Waals surface area contributed by atoms with Crippen LogP contribution in [0.15, 0.2) is 12.1 Å². The lowest BCUT2D eigenvalue weighted by Gasteiger charge is -2.26. The van der Waals surface area contributed by atoms with Gasteiger partial charge in [0.15, 0.2) is 0 Å². The van der Waals surface area contributed by atoms with Gasteiger partial charge in [-0.1, -0.05) is 0 Å². The number of aromatic nitrogens is 1. The summed E-state index contributed by atoms with van der Waals surface area (Å²) in [5.41, 5.74) is 0.0687. The minimum absolute atomic E-state index is 0.0687. The zero-order valence-electron chi connectivity index (χ0n) is 10.9. The molecule has 1 saturated carbocycles. The minimum Gasteiger partial charge on any atom is -0.373 e. The fourth-order valence-corrected chi connectivity index (χ4v) is 2.02. The van der Waals surface area contributed by atoms with Crippen molar-refractivity contribution in [3.8, 4) is 0 Å². The van der Waals surface area contributed by atoms with Gasteiger partial charge in [-0.3, -0.25) is 10.1 Å². The number of pyridine rings is 1. The smallest absolute Gasteiger partial charge is 0.276 e. The SMILES string of the molecule is CNc1cc([N+](=O)[O-])cc(N(C)C(C)C2CC2)n1. The van der Waals surface area contributed by atoms with Crippen molar-refractivity contribution in [1.29, 1.82) is 0 Å². The first-order chi connectivity index (χ1) is 8.52. The minimum atomic E-state index is -0.387. The first-order valence-corrected chi connectivity index (χ1v) is 6.10. The van der Waals surface area contributed by atoms with Gasteiger partial charge in [0.25, 0.3) is 5.69 Å². The molecule has 18 heavy (non-hydrogen) atoms. The molecule has 1 heterocycles. The number of hydrogen-bond acceptors (Lipinski definition) is 5. The van der Waals surface area contributed by atoms with Crippen molar-refractivity contribution in [2.75, 3.05) is 24.3 Å². The lowest BCUT2D eigenvalue weighted by atomic mass is 10.2. The summed E-state index contributed by atoms with van der Waals surface area (Å²) in [6.45, 7) is 2.14. The van der Waals surface area contributed by atoms with Crippen LogP contribution >= 0.6 is 0 Å². The molecule has 0 amide bonds. The number of nitro groups is 1. The van der Waals surface area contributed by atoms with Crippen LogP contribution in [0.2, 0.25) is 0 Å². The van der Waals surface area contributed by atoms with Crippen LogP contribution in [0.3, 0.4) is 0 Å². The maximum absolute atomic E-state index is 10.9. The summed E-state index contributed by atoms with van der Waals surface area (Å²) in [7, 11) is 3.65. The van der Waals surface area contributed by atoms with Gasteiger partial charge in [0.05, 0.1) is 17.1 Å². The van der Waals surface area contributed by atoms with Crippen molar-refractivity contribution in [2.24, 2.45) is 5.92 Å². The predicted molar refractivity (Wildman–Crippen MR) is 71.0 cm³/mol. The summed E-state index contributed by atoms with van der Waals surface area (Å²) in [5, 5.41) is 13.8. The van der Waals surface area contributed by atoms with Crippen molar-refractivity contribution in [2.45, 2.75) is 25.8 Å². The number of nitrogens with one attached hydrogen (secondary N) is 1. The van der Waals surface area contributed by atoms with E-state index in [1.807, 2.05) is 11.9 Å². The van der Waals surface area contributed by atoms with Gasteiger partial charge in [0.1, 0.15) is 11.6 Å². The van der Waals surface area contributed by atoms with E-state index in [0.29, 0.717) is 23.6 Å². The second-order valence-corrected chi connectivity index (χ2v) is 4.76. The molecule has 0 radical (unpaired) electrons. The summed E-state index contributed by atoms with van der Waals surface area (Å²) >= 11 is 0. The van der Waals surface area contributed by atoms with Crippen molar-refractivity contribution < 1.29 is 4.92 Å². The Morgan fingerprint density at radius 1 is 1.56 bits per heavy atom. The first kappa shape index (κ1) is 12.6. The van der Waals surface area contributed by atoms with E-state index in [9.17, 15) is 10.1 Å². The van der Waals surface area contributed by atoms with Crippen LogP contribution < -0.4 is 10.2 Å². The molecule has 1 atom stereocenters. The second kappa shape index (κ2) is 4.80. The molecule has 1 N–H and O–H groups in total. The lowest BCUT2D eigenvalue weighted by molar-refractivity contribution is -0.384. The Hall–Kier alpha value is -1.85. The topological polar surface area (TPSA) is 71.3 Å². The molecule has 6 nitrogen and oxygen atoms in total. The van der Waals surface area contributed by atoms with Gasteiger partial charge in [-0.25, -0.2) is 4.98 Å². The van der Waals surface area contributed by atoms with Crippen molar-refractivity contribution in [1.82, 2.24) is 4.98 Å².